The summed E-state index contributed by atoms with van der Waals surface area (Å²) in [6.07, 6.45) is 0. The Bertz CT molecular complexity index is 74.1. The first-order chi connectivity index (χ1) is 5.35. The molecule has 0 saturated carbocycles. The van der Waals surface area contributed by atoms with Gasteiger partial charge in [-0.3, -0.25) is 0 Å². The van der Waals surface area contributed by atoms with Crippen molar-refractivity contribution in [2.45, 2.75) is 33.3 Å². The molecule has 68 valence electrons. The van der Waals surface area contributed by atoms with Crippen LogP contribution >= 0.6 is 0 Å². The van der Waals surface area contributed by atoms with Gasteiger partial charge in [0.05, 0.1) is 0 Å². The minimum Gasteiger partial charge on any atom is -0.379 e. The number of ether oxygens (including phenoxy) is 2. The number of hydrogen-bond donors (Lipinski definition) is 0. The Balaban J connectivity index is 3.34. The maximum Gasteiger partial charge on any atom is 0.261 e. The van der Waals surface area contributed by atoms with Gasteiger partial charge in [-0.2, -0.15) is 0 Å². The van der Waals surface area contributed by atoms with Crippen molar-refractivity contribution >= 4 is 9.76 Å². The van der Waals surface area contributed by atoms with Crippen LogP contribution in [-0.2, 0) is 13.9 Å². The van der Waals surface area contributed by atoms with Gasteiger partial charge in [-0.25, -0.2) is 0 Å². The Kier molecular flexibility index (Phi) is 8.27. The molecule has 0 aromatic carbocycles. The van der Waals surface area contributed by atoms with E-state index in [0.29, 0.717) is 13.2 Å². The van der Waals surface area contributed by atoms with E-state index in [1.807, 2.05) is 13.8 Å². The molecule has 0 atom stereocenters. The zero-order chi connectivity index (χ0) is 8.53. The monoisotopic (exact) mass is 178 g/mol. The Morgan fingerprint density at radius 3 is 2.00 bits per heavy atom. The second-order valence-corrected chi connectivity index (χ2v) is 3.81. The molecule has 4 heteroatoms. The molecule has 0 radical (unpaired) electrons. The number of rotatable bonds is 7. The van der Waals surface area contributed by atoms with E-state index in [9.17, 15) is 0 Å². The summed E-state index contributed by atoms with van der Waals surface area (Å²) in [4.78, 5) is 0. The van der Waals surface area contributed by atoms with Gasteiger partial charge in [0.2, 0.25) is 0 Å². The highest BCUT2D eigenvalue weighted by molar-refractivity contribution is 6.26. The van der Waals surface area contributed by atoms with Gasteiger partial charge in [-0.15, -0.1) is 0 Å². The van der Waals surface area contributed by atoms with Crippen LogP contribution in [0.3, 0.4) is 0 Å². The predicted molar refractivity (Wildman–Crippen MR) is 47.2 cm³/mol. The van der Waals surface area contributed by atoms with Crippen molar-refractivity contribution in [2.24, 2.45) is 0 Å². The van der Waals surface area contributed by atoms with Gasteiger partial charge in [0.25, 0.3) is 6.48 Å². The summed E-state index contributed by atoms with van der Waals surface area (Å²) in [6.45, 7) is 6.86. The van der Waals surface area contributed by atoms with E-state index in [1.165, 1.54) is 0 Å². The first kappa shape index (κ1) is 11.1. The summed E-state index contributed by atoms with van der Waals surface area (Å²) in [5.74, 6) is 0. The standard InChI is InChI=1S/C7H18O3Si/c1-4-8-7(9-5-2)10-11-6-3/h7H,4-6,11H2,1-3H3. The molecule has 0 bridgehead atoms. The van der Waals surface area contributed by atoms with E-state index in [1.54, 1.807) is 0 Å². The molecular formula is C7H18O3Si. The molecule has 0 heterocycles. The summed E-state index contributed by atoms with van der Waals surface area (Å²) < 4.78 is 15.7. The van der Waals surface area contributed by atoms with Crippen molar-refractivity contribution < 1.29 is 13.9 Å². The molecule has 0 fully saturated rings. The van der Waals surface area contributed by atoms with Crippen molar-refractivity contribution in [3.05, 3.63) is 0 Å². The van der Waals surface area contributed by atoms with Crippen LogP contribution in [0.2, 0.25) is 6.04 Å². The molecule has 0 saturated heterocycles. The van der Waals surface area contributed by atoms with E-state index < -0.39 is 16.2 Å². The summed E-state index contributed by atoms with van der Waals surface area (Å²) in [5, 5.41) is 0. The zero-order valence-electron chi connectivity index (χ0n) is 7.63. The Labute approximate surface area is 71.0 Å². The van der Waals surface area contributed by atoms with Crippen LogP contribution in [0.25, 0.3) is 0 Å². The fourth-order valence-electron chi connectivity index (χ4n) is 0.631. The van der Waals surface area contributed by atoms with E-state index in [0.717, 1.165) is 6.04 Å². The second kappa shape index (κ2) is 8.20. The van der Waals surface area contributed by atoms with Crippen LogP contribution < -0.4 is 0 Å². The van der Waals surface area contributed by atoms with Gasteiger partial charge in [-0.05, 0) is 19.9 Å². The van der Waals surface area contributed by atoms with Crippen molar-refractivity contribution in [3.8, 4) is 0 Å². The molecule has 0 aromatic heterocycles. The van der Waals surface area contributed by atoms with Gasteiger partial charge >= 0.3 is 0 Å². The van der Waals surface area contributed by atoms with E-state index >= 15 is 0 Å². The van der Waals surface area contributed by atoms with Crippen LogP contribution in [0.1, 0.15) is 20.8 Å². The largest absolute Gasteiger partial charge is 0.379 e. The Hall–Kier alpha value is 0.0969. The van der Waals surface area contributed by atoms with Crippen LogP contribution in [0.4, 0.5) is 0 Å². The average molecular weight is 178 g/mol. The first-order valence-electron chi connectivity index (χ1n) is 4.19. The Morgan fingerprint density at radius 1 is 1.09 bits per heavy atom. The fraction of sp³-hybridized carbons (Fsp3) is 1.00. The highest BCUT2D eigenvalue weighted by Crippen LogP contribution is 1.96. The molecular weight excluding hydrogens is 160 g/mol. The van der Waals surface area contributed by atoms with Gasteiger partial charge < -0.3 is 13.9 Å². The maximum absolute atomic E-state index is 5.37. The lowest BCUT2D eigenvalue weighted by atomic mass is 10.8. The average Bonchev–Trinajstić information content (AvgIpc) is 2.01. The number of hydrogen-bond acceptors (Lipinski definition) is 3. The molecule has 0 rings (SSSR count). The first-order valence-corrected chi connectivity index (χ1v) is 5.77. The third-order valence-corrected chi connectivity index (χ3v) is 1.98. The normalized spacial score (nSPS) is 12.0. The van der Waals surface area contributed by atoms with E-state index in [-0.39, 0.29) is 0 Å². The molecule has 0 aliphatic rings. The van der Waals surface area contributed by atoms with Crippen LogP contribution in [0, 0.1) is 0 Å². The van der Waals surface area contributed by atoms with Crippen molar-refractivity contribution in [3.63, 3.8) is 0 Å². The van der Waals surface area contributed by atoms with Crippen LogP contribution in [-0.4, -0.2) is 29.5 Å². The van der Waals surface area contributed by atoms with Crippen LogP contribution in [0.5, 0.6) is 0 Å². The van der Waals surface area contributed by atoms with Crippen LogP contribution in [0.15, 0.2) is 0 Å². The summed E-state index contributed by atoms with van der Waals surface area (Å²) in [6, 6.07) is 1.12. The molecule has 0 N–H and O–H groups in total. The molecule has 0 aliphatic carbocycles. The molecule has 0 aromatic rings. The third-order valence-electron chi connectivity index (χ3n) is 1.06. The molecule has 3 nitrogen and oxygen atoms in total. The maximum atomic E-state index is 5.37. The highest BCUT2D eigenvalue weighted by atomic mass is 28.2. The van der Waals surface area contributed by atoms with E-state index in [4.69, 9.17) is 13.9 Å². The van der Waals surface area contributed by atoms with E-state index in [2.05, 4.69) is 6.92 Å². The lowest BCUT2D eigenvalue weighted by Gasteiger charge is -2.16. The minimum absolute atomic E-state index is 0.406. The van der Waals surface area contributed by atoms with Crippen molar-refractivity contribution in [1.29, 1.82) is 0 Å². The quantitative estimate of drug-likeness (QED) is 0.428. The molecule has 11 heavy (non-hydrogen) atoms. The minimum atomic E-state index is -0.416. The SMILES string of the molecule is CCOC(OCC)O[SiH2]CC. The molecule has 0 aliphatic heterocycles. The lowest BCUT2D eigenvalue weighted by Crippen LogP contribution is -2.22. The van der Waals surface area contributed by atoms with Gasteiger partial charge in [0.1, 0.15) is 0 Å². The smallest absolute Gasteiger partial charge is 0.261 e. The summed E-state index contributed by atoms with van der Waals surface area (Å²) >= 11 is 0. The lowest BCUT2D eigenvalue weighted by molar-refractivity contribution is -0.243. The zero-order valence-corrected chi connectivity index (χ0v) is 9.04. The summed E-state index contributed by atoms with van der Waals surface area (Å²) in [5.41, 5.74) is 0. The topological polar surface area (TPSA) is 27.7 Å². The molecule has 0 amide bonds. The third kappa shape index (κ3) is 6.49. The fourth-order valence-corrected chi connectivity index (χ4v) is 1.25. The van der Waals surface area contributed by atoms with Gasteiger partial charge in [0.15, 0.2) is 9.76 Å². The van der Waals surface area contributed by atoms with Gasteiger partial charge in [0, 0.05) is 13.2 Å². The van der Waals surface area contributed by atoms with Crippen molar-refractivity contribution in [2.75, 3.05) is 13.2 Å². The second-order valence-electron chi connectivity index (χ2n) is 2.07. The van der Waals surface area contributed by atoms with Gasteiger partial charge in [-0.1, -0.05) is 6.92 Å². The molecule has 0 unspecified atom stereocenters. The highest BCUT2D eigenvalue weighted by Gasteiger charge is 2.05. The summed E-state index contributed by atoms with van der Waals surface area (Å²) in [7, 11) is -0.416. The van der Waals surface area contributed by atoms with Crippen molar-refractivity contribution in [1.82, 2.24) is 0 Å². The predicted octanol–water partition coefficient (Wildman–Crippen LogP) is 0.882. The molecule has 0 spiro atoms. The Morgan fingerprint density at radius 2 is 1.64 bits per heavy atom.